The normalized spacial score (nSPS) is 14.4. The summed E-state index contributed by atoms with van der Waals surface area (Å²) in [7, 11) is 0. The second-order valence-corrected chi connectivity index (χ2v) is 5.09. The Hall–Kier alpha value is -1.91. The molecule has 1 saturated heterocycles. The molecule has 20 heavy (non-hydrogen) atoms. The molecule has 0 saturated carbocycles. The van der Waals surface area contributed by atoms with E-state index in [4.69, 9.17) is 0 Å². The first kappa shape index (κ1) is 14.5. The minimum atomic E-state index is -0.309. The van der Waals surface area contributed by atoms with E-state index < -0.39 is 0 Å². The maximum Gasteiger partial charge on any atom is 0.242 e. The van der Waals surface area contributed by atoms with Crippen LogP contribution in [0.25, 0.3) is 0 Å². The Morgan fingerprint density at radius 2 is 1.80 bits per heavy atom. The lowest BCUT2D eigenvalue weighted by Crippen LogP contribution is -2.40. The van der Waals surface area contributed by atoms with Crippen molar-refractivity contribution in [3.05, 3.63) is 35.6 Å². The van der Waals surface area contributed by atoms with Crippen LogP contribution in [0.3, 0.4) is 0 Å². The summed E-state index contributed by atoms with van der Waals surface area (Å²) in [5.41, 5.74) is 0.816. The first-order chi connectivity index (χ1) is 9.56. The number of hydrogen-bond donors (Lipinski definition) is 0. The maximum absolute atomic E-state index is 12.9. The minimum Gasteiger partial charge on any atom is -0.341 e. The highest BCUT2D eigenvalue weighted by Crippen LogP contribution is 2.11. The fourth-order valence-electron chi connectivity index (χ4n) is 2.32. The quantitative estimate of drug-likeness (QED) is 0.842. The molecule has 1 heterocycles. The molecule has 0 atom stereocenters. The molecular formula is C15H19FN2O2. The molecule has 0 aliphatic carbocycles. The molecule has 1 fully saturated rings. The van der Waals surface area contributed by atoms with Crippen LogP contribution < -0.4 is 0 Å². The summed E-state index contributed by atoms with van der Waals surface area (Å²) >= 11 is 0. The van der Waals surface area contributed by atoms with Crippen LogP contribution in [-0.2, 0) is 16.1 Å². The molecule has 0 unspecified atom stereocenters. The summed E-state index contributed by atoms with van der Waals surface area (Å²) in [5.74, 6) is -0.474. The van der Waals surface area contributed by atoms with E-state index in [0.717, 1.165) is 31.5 Å². The summed E-state index contributed by atoms with van der Waals surface area (Å²) < 4.78 is 12.9. The van der Waals surface area contributed by atoms with Crippen molar-refractivity contribution in [3.63, 3.8) is 0 Å². The third-order valence-electron chi connectivity index (χ3n) is 3.52. The van der Waals surface area contributed by atoms with E-state index in [-0.39, 0.29) is 24.2 Å². The van der Waals surface area contributed by atoms with Gasteiger partial charge in [0.1, 0.15) is 12.4 Å². The van der Waals surface area contributed by atoms with Crippen molar-refractivity contribution in [2.45, 2.75) is 26.3 Å². The number of likely N-dealkylation sites (tertiary alicyclic amines) is 1. The van der Waals surface area contributed by atoms with E-state index in [1.54, 1.807) is 17.0 Å². The summed E-state index contributed by atoms with van der Waals surface area (Å²) in [4.78, 5) is 27.0. The van der Waals surface area contributed by atoms with Gasteiger partial charge in [-0.25, -0.2) is 4.39 Å². The van der Waals surface area contributed by atoms with Crippen molar-refractivity contribution in [1.82, 2.24) is 9.80 Å². The van der Waals surface area contributed by atoms with Gasteiger partial charge in [-0.15, -0.1) is 0 Å². The molecule has 2 amide bonds. The number of carbonyl (C=O) groups is 2. The Balaban J connectivity index is 1.98. The predicted molar refractivity (Wildman–Crippen MR) is 73.3 cm³/mol. The lowest BCUT2D eigenvalue weighted by atomic mass is 10.2. The fourth-order valence-corrected chi connectivity index (χ4v) is 2.32. The number of nitrogens with zero attached hydrogens (tertiary/aromatic N) is 2. The van der Waals surface area contributed by atoms with Crippen LogP contribution in [0.1, 0.15) is 25.3 Å². The zero-order valence-corrected chi connectivity index (χ0v) is 11.6. The van der Waals surface area contributed by atoms with Gasteiger partial charge in [-0.3, -0.25) is 9.59 Å². The van der Waals surface area contributed by atoms with Gasteiger partial charge < -0.3 is 9.80 Å². The smallest absolute Gasteiger partial charge is 0.242 e. The molecule has 0 N–H and O–H groups in total. The lowest BCUT2D eigenvalue weighted by molar-refractivity contribution is -0.139. The number of hydrogen-bond acceptors (Lipinski definition) is 2. The van der Waals surface area contributed by atoms with Gasteiger partial charge in [-0.2, -0.15) is 0 Å². The molecule has 1 aromatic rings. The molecule has 2 rings (SSSR count). The SMILES string of the molecule is CC(=O)N(CC(=O)N1CCCC1)Cc1ccc(F)cc1. The Labute approximate surface area is 118 Å². The van der Waals surface area contributed by atoms with Gasteiger partial charge in [0.25, 0.3) is 0 Å². The Morgan fingerprint density at radius 1 is 1.20 bits per heavy atom. The third kappa shape index (κ3) is 3.79. The maximum atomic E-state index is 12.9. The van der Waals surface area contributed by atoms with E-state index in [1.807, 2.05) is 0 Å². The van der Waals surface area contributed by atoms with Gasteiger partial charge in [-0.05, 0) is 30.5 Å². The zero-order valence-electron chi connectivity index (χ0n) is 11.6. The van der Waals surface area contributed by atoms with Crippen molar-refractivity contribution in [1.29, 1.82) is 0 Å². The summed E-state index contributed by atoms with van der Waals surface area (Å²) in [5, 5.41) is 0. The minimum absolute atomic E-state index is 0.0141. The monoisotopic (exact) mass is 278 g/mol. The van der Waals surface area contributed by atoms with Crippen LogP contribution in [0.5, 0.6) is 0 Å². The first-order valence-electron chi connectivity index (χ1n) is 6.84. The number of carbonyl (C=O) groups excluding carboxylic acids is 2. The van der Waals surface area contributed by atoms with Crippen LogP contribution in [0.2, 0.25) is 0 Å². The Morgan fingerprint density at radius 3 is 2.35 bits per heavy atom. The fraction of sp³-hybridized carbons (Fsp3) is 0.467. The number of halogens is 1. The van der Waals surface area contributed by atoms with Crippen molar-refractivity contribution in [3.8, 4) is 0 Å². The Kier molecular flexibility index (Phi) is 4.71. The molecule has 0 aromatic heterocycles. The molecular weight excluding hydrogens is 259 g/mol. The molecule has 0 bridgehead atoms. The van der Waals surface area contributed by atoms with Crippen LogP contribution in [0, 0.1) is 5.82 Å². The lowest BCUT2D eigenvalue weighted by Gasteiger charge is -2.24. The van der Waals surface area contributed by atoms with Gasteiger partial charge in [0.2, 0.25) is 11.8 Å². The molecule has 5 heteroatoms. The molecule has 0 radical (unpaired) electrons. The summed E-state index contributed by atoms with van der Waals surface area (Å²) in [6.45, 7) is 3.42. The molecule has 1 aliphatic heterocycles. The first-order valence-corrected chi connectivity index (χ1v) is 6.84. The topological polar surface area (TPSA) is 40.6 Å². The van der Waals surface area contributed by atoms with Crippen LogP contribution in [-0.4, -0.2) is 41.2 Å². The summed E-state index contributed by atoms with van der Waals surface area (Å²) in [6, 6.07) is 5.98. The third-order valence-corrected chi connectivity index (χ3v) is 3.52. The second-order valence-electron chi connectivity index (χ2n) is 5.09. The molecule has 0 spiro atoms. The molecule has 108 valence electrons. The van der Waals surface area contributed by atoms with Crippen molar-refractivity contribution < 1.29 is 14.0 Å². The van der Waals surface area contributed by atoms with E-state index in [9.17, 15) is 14.0 Å². The average molecular weight is 278 g/mol. The van der Waals surface area contributed by atoms with Gasteiger partial charge >= 0.3 is 0 Å². The average Bonchev–Trinajstić information content (AvgIpc) is 2.94. The van der Waals surface area contributed by atoms with Gasteiger partial charge in [0, 0.05) is 26.6 Å². The zero-order chi connectivity index (χ0) is 14.5. The number of rotatable bonds is 4. The number of amides is 2. The molecule has 1 aromatic carbocycles. The van der Waals surface area contributed by atoms with E-state index in [2.05, 4.69) is 0 Å². The van der Waals surface area contributed by atoms with E-state index in [0.29, 0.717) is 6.54 Å². The van der Waals surface area contributed by atoms with Crippen LogP contribution in [0.4, 0.5) is 4.39 Å². The standard InChI is InChI=1S/C15H19FN2O2/c1-12(19)18(10-13-4-6-14(16)7-5-13)11-15(20)17-8-2-3-9-17/h4-7H,2-3,8-11H2,1H3. The van der Waals surface area contributed by atoms with Gasteiger partial charge in [0.05, 0.1) is 0 Å². The highest BCUT2D eigenvalue weighted by atomic mass is 19.1. The van der Waals surface area contributed by atoms with Crippen LogP contribution >= 0.6 is 0 Å². The molecule has 4 nitrogen and oxygen atoms in total. The van der Waals surface area contributed by atoms with Crippen molar-refractivity contribution in [2.75, 3.05) is 19.6 Å². The van der Waals surface area contributed by atoms with Gasteiger partial charge in [-0.1, -0.05) is 12.1 Å². The molecule has 1 aliphatic rings. The highest BCUT2D eigenvalue weighted by molar-refractivity contribution is 5.84. The van der Waals surface area contributed by atoms with Crippen LogP contribution in [0.15, 0.2) is 24.3 Å². The Bertz CT molecular complexity index is 481. The van der Waals surface area contributed by atoms with E-state index in [1.165, 1.54) is 24.0 Å². The van der Waals surface area contributed by atoms with E-state index >= 15 is 0 Å². The summed E-state index contributed by atoms with van der Waals surface area (Å²) in [6.07, 6.45) is 2.06. The van der Waals surface area contributed by atoms with Crippen molar-refractivity contribution in [2.24, 2.45) is 0 Å². The van der Waals surface area contributed by atoms with Crippen molar-refractivity contribution >= 4 is 11.8 Å². The largest absolute Gasteiger partial charge is 0.341 e. The second kappa shape index (κ2) is 6.50. The predicted octanol–water partition coefficient (Wildman–Crippen LogP) is 1.80. The highest BCUT2D eigenvalue weighted by Gasteiger charge is 2.21. The number of benzene rings is 1. The van der Waals surface area contributed by atoms with Gasteiger partial charge in [0.15, 0.2) is 0 Å².